The van der Waals surface area contributed by atoms with E-state index in [2.05, 4.69) is 4.90 Å². The molecular weight excluding hydrogens is 278 g/mol. The molecule has 3 aliphatic rings. The van der Waals surface area contributed by atoms with Crippen molar-refractivity contribution in [3.63, 3.8) is 0 Å². The maximum atomic E-state index is 12.7. The van der Waals surface area contributed by atoms with Gasteiger partial charge in [-0.05, 0) is 25.6 Å². The van der Waals surface area contributed by atoms with Crippen LogP contribution in [-0.2, 0) is 10.0 Å². The van der Waals surface area contributed by atoms with E-state index in [4.69, 9.17) is 5.73 Å². The summed E-state index contributed by atoms with van der Waals surface area (Å²) in [5.74, 6) is -0.719. The average molecular weight is 295 g/mol. The minimum atomic E-state index is -3.66. The summed E-state index contributed by atoms with van der Waals surface area (Å²) in [6.45, 7) is 0.949. The lowest BCUT2D eigenvalue weighted by Gasteiger charge is -2.54. The molecule has 1 aromatic carbocycles. The summed E-state index contributed by atoms with van der Waals surface area (Å²) in [5.41, 5.74) is 5.32. The lowest BCUT2D eigenvalue weighted by molar-refractivity contribution is -0.0211. The smallest absolute Gasteiger partial charge is 0.250 e. The van der Waals surface area contributed by atoms with Gasteiger partial charge in [0.25, 0.3) is 0 Å². The second-order valence-electron chi connectivity index (χ2n) is 5.39. The molecule has 0 aromatic heterocycles. The number of carbonyl (C=O) groups is 1. The Morgan fingerprint density at radius 1 is 1.25 bits per heavy atom. The van der Waals surface area contributed by atoms with Crippen LogP contribution in [0.4, 0.5) is 0 Å². The molecule has 4 rings (SSSR count). The number of hydrogen-bond acceptors (Lipinski definition) is 4. The van der Waals surface area contributed by atoms with E-state index < -0.39 is 15.9 Å². The molecule has 1 amide bonds. The number of rotatable bonds is 3. The number of piperidine rings is 1. The van der Waals surface area contributed by atoms with E-state index in [0.717, 1.165) is 6.42 Å². The summed E-state index contributed by atoms with van der Waals surface area (Å²) in [5, 5.41) is 0. The Bertz CT molecular complexity index is 647. The number of fused-ring (bicyclic) bond motifs is 2. The van der Waals surface area contributed by atoms with E-state index in [1.54, 1.807) is 12.1 Å². The third-order valence-electron chi connectivity index (χ3n) is 4.30. The third-order valence-corrected chi connectivity index (χ3v) is 6.18. The molecule has 7 heteroatoms. The molecule has 3 fully saturated rings. The number of primary amides is 1. The minimum absolute atomic E-state index is 0.0106. The molecule has 0 spiro atoms. The molecular formula is C13H17N3O3S. The molecule has 2 bridgehead atoms. The summed E-state index contributed by atoms with van der Waals surface area (Å²) in [6.07, 6.45) is 1.04. The number of sulfonamides is 1. The zero-order chi connectivity index (χ0) is 14.5. The molecule has 2 atom stereocenters. The molecule has 3 saturated heterocycles. The van der Waals surface area contributed by atoms with Crippen molar-refractivity contribution in [1.29, 1.82) is 0 Å². The van der Waals surface area contributed by atoms with Crippen LogP contribution in [0.1, 0.15) is 16.8 Å². The summed E-state index contributed by atoms with van der Waals surface area (Å²) in [4.78, 5) is 13.6. The highest BCUT2D eigenvalue weighted by atomic mass is 32.2. The first-order valence-corrected chi connectivity index (χ1v) is 7.96. The van der Waals surface area contributed by atoms with Crippen molar-refractivity contribution in [2.75, 3.05) is 20.1 Å². The fourth-order valence-electron chi connectivity index (χ4n) is 2.99. The number of nitrogens with two attached hydrogens (primary N) is 1. The van der Waals surface area contributed by atoms with Crippen LogP contribution >= 0.6 is 0 Å². The molecule has 6 nitrogen and oxygen atoms in total. The monoisotopic (exact) mass is 295 g/mol. The highest BCUT2D eigenvalue weighted by Gasteiger charge is 2.46. The Labute approximate surface area is 118 Å². The number of hydrogen-bond donors (Lipinski definition) is 1. The first-order valence-electron chi connectivity index (χ1n) is 6.52. The predicted octanol–water partition coefficient (Wildman–Crippen LogP) is -0.137. The molecule has 1 aromatic rings. The molecule has 3 aliphatic heterocycles. The summed E-state index contributed by atoms with van der Waals surface area (Å²) < 4.78 is 26.8. The first kappa shape index (κ1) is 13.5. The molecule has 0 saturated carbocycles. The first-order chi connectivity index (χ1) is 9.41. The lowest BCUT2D eigenvalue weighted by Crippen LogP contribution is -2.67. The Balaban J connectivity index is 1.95. The van der Waals surface area contributed by atoms with E-state index in [0.29, 0.717) is 13.1 Å². The van der Waals surface area contributed by atoms with Crippen LogP contribution in [-0.4, -0.2) is 55.8 Å². The normalized spacial score (nSPS) is 27.1. The van der Waals surface area contributed by atoms with Crippen molar-refractivity contribution in [3.8, 4) is 0 Å². The Hall–Kier alpha value is -1.44. The second-order valence-corrected chi connectivity index (χ2v) is 7.30. The lowest BCUT2D eigenvalue weighted by atomic mass is 9.90. The topological polar surface area (TPSA) is 83.7 Å². The molecule has 2 N–H and O–H groups in total. The van der Waals surface area contributed by atoms with Gasteiger partial charge in [-0.2, -0.15) is 4.31 Å². The largest absolute Gasteiger partial charge is 0.366 e. The van der Waals surface area contributed by atoms with Gasteiger partial charge in [0.1, 0.15) is 0 Å². The van der Waals surface area contributed by atoms with Gasteiger partial charge in [0.2, 0.25) is 15.9 Å². The van der Waals surface area contributed by atoms with Crippen molar-refractivity contribution < 1.29 is 13.2 Å². The van der Waals surface area contributed by atoms with Crippen molar-refractivity contribution in [3.05, 3.63) is 29.8 Å². The van der Waals surface area contributed by atoms with Crippen LogP contribution in [0, 0.1) is 0 Å². The zero-order valence-corrected chi connectivity index (χ0v) is 12.0. The Morgan fingerprint density at radius 2 is 1.85 bits per heavy atom. The number of amides is 1. The molecule has 0 radical (unpaired) electrons. The SMILES string of the molecule is CN1C2CC1CN(S(=O)(=O)c1ccccc1C(N)=O)C2. The van der Waals surface area contributed by atoms with Crippen LogP contribution in [0.15, 0.2) is 29.2 Å². The van der Waals surface area contributed by atoms with Crippen molar-refractivity contribution >= 4 is 15.9 Å². The van der Waals surface area contributed by atoms with Gasteiger partial charge in [-0.25, -0.2) is 8.42 Å². The van der Waals surface area contributed by atoms with Gasteiger partial charge < -0.3 is 5.73 Å². The average Bonchev–Trinajstić information content (AvgIpc) is 2.46. The standard InChI is InChI=1S/C13H17N3O3S/c1-15-9-6-10(15)8-16(7-9)20(18,19)12-5-3-2-4-11(12)13(14)17/h2-5,9-10H,6-8H2,1H3,(H2,14,17). The quantitative estimate of drug-likeness (QED) is 0.841. The van der Waals surface area contributed by atoms with Crippen LogP contribution in [0.3, 0.4) is 0 Å². The summed E-state index contributed by atoms with van der Waals surface area (Å²) in [6, 6.07) is 6.68. The molecule has 20 heavy (non-hydrogen) atoms. The van der Waals surface area contributed by atoms with Crippen molar-refractivity contribution in [1.82, 2.24) is 9.21 Å². The molecule has 2 unspecified atom stereocenters. The van der Waals surface area contributed by atoms with E-state index in [-0.39, 0.29) is 22.5 Å². The summed E-state index contributed by atoms with van der Waals surface area (Å²) in [7, 11) is -1.64. The van der Waals surface area contributed by atoms with Gasteiger partial charge in [0.15, 0.2) is 0 Å². The van der Waals surface area contributed by atoms with Gasteiger partial charge in [-0.3, -0.25) is 9.69 Å². The maximum Gasteiger partial charge on any atom is 0.250 e. The number of nitrogens with zero attached hydrogens (tertiary/aromatic N) is 2. The van der Waals surface area contributed by atoms with Crippen LogP contribution in [0.5, 0.6) is 0 Å². The third kappa shape index (κ3) is 1.93. The molecule has 3 heterocycles. The number of benzene rings is 1. The fraction of sp³-hybridized carbons (Fsp3) is 0.462. The van der Waals surface area contributed by atoms with Crippen molar-refractivity contribution in [2.45, 2.75) is 23.4 Å². The Morgan fingerprint density at radius 3 is 2.40 bits per heavy atom. The molecule has 108 valence electrons. The zero-order valence-electron chi connectivity index (χ0n) is 11.2. The van der Waals surface area contributed by atoms with Crippen molar-refractivity contribution in [2.24, 2.45) is 5.73 Å². The number of piperazine rings is 1. The maximum absolute atomic E-state index is 12.7. The summed E-state index contributed by atoms with van der Waals surface area (Å²) >= 11 is 0. The van der Waals surface area contributed by atoms with E-state index in [9.17, 15) is 13.2 Å². The van der Waals surface area contributed by atoms with Gasteiger partial charge in [0.05, 0.1) is 10.5 Å². The number of carbonyl (C=O) groups excluding carboxylic acids is 1. The fourth-order valence-corrected chi connectivity index (χ4v) is 4.70. The van der Waals surface area contributed by atoms with Crippen LogP contribution < -0.4 is 5.73 Å². The number of likely N-dealkylation sites (N-methyl/N-ethyl adjacent to an activating group) is 1. The van der Waals surface area contributed by atoms with E-state index >= 15 is 0 Å². The van der Waals surface area contributed by atoms with Gasteiger partial charge >= 0.3 is 0 Å². The van der Waals surface area contributed by atoms with Gasteiger partial charge in [0, 0.05) is 25.2 Å². The van der Waals surface area contributed by atoms with Gasteiger partial charge in [-0.1, -0.05) is 12.1 Å². The highest BCUT2D eigenvalue weighted by Crippen LogP contribution is 2.33. The Kier molecular flexibility index (Phi) is 3.07. The minimum Gasteiger partial charge on any atom is -0.366 e. The van der Waals surface area contributed by atoms with Crippen LogP contribution in [0.25, 0.3) is 0 Å². The van der Waals surface area contributed by atoms with Gasteiger partial charge in [-0.15, -0.1) is 0 Å². The predicted molar refractivity (Wildman–Crippen MR) is 73.7 cm³/mol. The van der Waals surface area contributed by atoms with Crippen LogP contribution in [0.2, 0.25) is 0 Å². The highest BCUT2D eigenvalue weighted by molar-refractivity contribution is 7.89. The van der Waals surface area contributed by atoms with E-state index in [1.165, 1.54) is 16.4 Å². The van der Waals surface area contributed by atoms with E-state index in [1.807, 2.05) is 7.05 Å². The molecule has 0 aliphatic carbocycles. The second kappa shape index (κ2) is 4.54.